The van der Waals surface area contributed by atoms with Gasteiger partial charge in [-0.3, -0.25) is 4.79 Å². The van der Waals surface area contributed by atoms with Gasteiger partial charge in [-0.2, -0.15) is 0 Å². The molecule has 4 N–H and O–H groups in total. The van der Waals surface area contributed by atoms with E-state index in [-0.39, 0.29) is 5.75 Å². The van der Waals surface area contributed by atoms with E-state index in [1.807, 2.05) is 13.8 Å². The van der Waals surface area contributed by atoms with Crippen molar-refractivity contribution < 1.29 is 14.6 Å². The zero-order valence-corrected chi connectivity index (χ0v) is 12.8. The third-order valence-electron chi connectivity index (χ3n) is 2.62. The number of hydrogen-bond donors (Lipinski definition) is 3. The Morgan fingerprint density at radius 3 is 2.63 bits per heavy atom. The largest absolute Gasteiger partial charge is 0.503 e. The Kier molecular flexibility index (Phi) is 5.62. The number of halogens is 1. The molecule has 5 nitrogen and oxygen atoms in total. The number of aromatic hydroxyl groups is 1. The smallest absolute Gasteiger partial charge is 0.239 e. The van der Waals surface area contributed by atoms with Crippen LogP contribution < -0.4 is 15.8 Å². The molecule has 106 valence electrons. The first-order valence-corrected chi connectivity index (χ1v) is 6.75. The van der Waals surface area contributed by atoms with Crippen LogP contribution in [-0.2, 0) is 4.79 Å². The van der Waals surface area contributed by atoms with Crippen LogP contribution in [-0.4, -0.2) is 24.7 Å². The van der Waals surface area contributed by atoms with Crippen LogP contribution in [0, 0.1) is 5.92 Å². The van der Waals surface area contributed by atoms with Crippen LogP contribution in [0.25, 0.3) is 0 Å². The molecule has 19 heavy (non-hydrogen) atoms. The van der Waals surface area contributed by atoms with Gasteiger partial charge in [0.1, 0.15) is 6.04 Å². The van der Waals surface area contributed by atoms with E-state index in [0.717, 1.165) is 0 Å². The second kappa shape index (κ2) is 6.77. The summed E-state index contributed by atoms with van der Waals surface area (Å²) in [4.78, 5) is 11.5. The average Bonchev–Trinajstić information content (AvgIpc) is 2.32. The summed E-state index contributed by atoms with van der Waals surface area (Å²) in [6.45, 7) is 4.74. The van der Waals surface area contributed by atoms with Crippen LogP contribution in [0.4, 0.5) is 0 Å². The van der Waals surface area contributed by atoms with E-state index < -0.39 is 11.9 Å². The van der Waals surface area contributed by atoms with Gasteiger partial charge in [0.05, 0.1) is 11.6 Å². The standard InChI is InChI=1S/C13H19BrN2O3/c1-7(2)6-16-11(13(15)18)8-4-9(14)12(17)10(5-8)19-3/h4-5,7,11,16-17H,6H2,1-3H3,(H2,15,18). The third-order valence-corrected chi connectivity index (χ3v) is 3.22. The highest BCUT2D eigenvalue weighted by Crippen LogP contribution is 2.36. The van der Waals surface area contributed by atoms with Crippen LogP contribution in [0.5, 0.6) is 11.5 Å². The molecule has 0 aromatic heterocycles. The Labute approximate surface area is 121 Å². The maximum absolute atomic E-state index is 11.5. The number of phenolic OH excluding ortho intramolecular Hbond substituents is 1. The second-order valence-electron chi connectivity index (χ2n) is 4.69. The number of nitrogens with one attached hydrogen (secondary N) is 1. The molecule has 0 bridgehead atoms. The number of ether oxygens (including phenoxy) is 1. The minimum atomic E-state index is -0.617. The van der Waals surface area contributed by atoms with Crippen LogP contribution >= 0.6 is 15.9 Å². The zero-order valence-electron chi connectivity index (χ0n) is 11.2. The number of phenols is 1. The van der Waals surface area contributed by atoms with Gasteiger partial charge in [0.2, 0.25) is 5.91 Å². The average molecular weight is 331 g/mol. The molecule has 1 atom stereocenters. The molecule has 0 heterocycles. The minimum Gasteiger partial charge on any atom is -0.503 e. The van der Waals surface area contributed by atoms with Gasteiger partial charge in [-0.25, -0.2) is 0 Å². The van der Waals surface area contributed by atoms with Gasteiger partial charge in [0.25, 0.3) is 0 Å². The lowest BCUT2D eigenvalue weighted by molar-refractivity contribution is -0.120. The van der Waals surface area contributed by atoms with Gasteiger partial charge in [-0.1, -0.05) is 13.8 Å². The van der Waals surface area contributed by atoms with Crippen molar-refractivity contribution in [2.45, 2.75) is 19.9 Å². The Morgan fingerprint density at radius 1 is 1.53 bits per heavy atom. The van der Waals surface area contributed by atoms with Crippen molar-refractivity contribution >= 4 is 21.8 Å². The highest BCUT2D eigenvalue weighted by Gasteiger charge is 2.20. The van der Waals surface area contributed by atoms with Gasteiger partial charge in [-0.15, -0.1) is 0 Å². The normalized spacial score (nSPS) is 12.5. The molecule has 1 aromatic carbocycles. The maximum Gasteiger partial charge on any atom is 0.239 e. The fourth-order valence-corrected chi connectivity index (χ4v) is 2.11. The van der Waals surface area contributed by atoms with Crippen molar-refractivity contribution in [2.75, 3.05) is 13.7 Å². The number of primary amides is 1. The van der Waals surface area contributed by atoms with Crippen molar-refractivity contribution in [3.63, 3.8) is 0 Å². The molecule has 0 radical (unpaired) electrons. The van der Waals surface area contributed by atoms with Gasteiger partial charge < -0.3 is 20.9 Å². The molecule has 0 saturated heterocycles. The molecule has 1 amide bonds. The summed E-state index contributed by atoms with van der Waals surface area (Å²) >= 11 is 3.23. The fourth-order valence-electron chi connectivity index (χ4n) is 1.65. The van der Waals surface area contributed by atoms with Crippen molar-refractivity contribution in [1.29, 1.82) is 0 Å². The Hall–Kier alpha value is -1.27. The molecule has 0 aliphatic carbocycles. The molecule has 0 aliphatic heterocycles. The van der Waals surface area contributed by atoms with Crippen molar-refractivity contribution in [3.05, 3.63) is 22.2 Å². The Morgan fingerprint density at radius 2 is 2.16 bits per heavy atom. The molecule has 1 aromatic rings. The van der Waals surface area contributed by atoms with E-state index in [1.165, 1.54) is 7.11 Å². The lowest BCUT2D eigenvalue weighted by Gasteiger charge is -2.19. The summed E-state index contributed by atoms with van der Waals surface area (Å²) < 4.78 is 5.52. The Balaban J connectivity index is 3.09. The van der Waals surface area contributed by atoms with E-state index >= 15 is 0 Å². The number of rotatable bonds is 6. The zero-order chi connectivity index (χ0) is 14.6. The summed E-state index contributed by atoms with van der Waals surface area (Å²) in [6, 6.07) is 2.64. The lowest BCUT2D eigenvalue weighted by atomic mass is 10.0. The van der Waals surface area contributed by atoms with E-state index in [1.54, 1.807) is 12.1 Å². The first kappa shape index (κ1) is 15.8. The number of methoxy groups -OCH3 is 1. The topological polar surface area (TPSA) is 84.6 Å². The molecule has 0 spiro atoms. The van der Waals surface area contributed by atoms with E-state index in [0.29, 0.717) is 28.2 Å². The van der Waals surface area contributed by atoms with Gasteiger partial charge in [-0.05, 0) is 46.1 Å². The summed E-state index contributed by atoms with van der Waals surface area (Å²) in [5, 5.41) is 12.9. The number of carbonyl (C=O) groups excluding carboxylic acids is 1. The summed E-state index contributed by atoms with van der Waals surface area (Å²) in [6.07, 6.45) is 0. The predicted octanol–water partition coefficient (Wildman–Crippen LogP) is 1.94. The molecule has 0 fully saturated rings. The predicted molar refractivity (Wildman–Crippen MR) is 77.1 cm³/mol. The van der Waals surface area contributed by atoms with Crippen LogP contribution in [0.1, 0.15) is 25.5 Å². The van der Waals surface area contributed by atoms with E-state index in [4.69, 9.17) is 10.5 Å². The molecule has 1 unspecified atom stereocenters. The number of benzene rings is 1. The summed E-state index contributed by atoms with van der Waals surface area (Å²) in [5.41, 5.74) is 6.06. The monoisotopic (exact) mass is 330 g/mol. The van der Waals surface area contributed by atoms with Crippen LogP contribution in [0.3, 0.4) is 0 Å². The van der Waals surface area contributed by atoms with Crippen molar-refractivity contribution in [1.82, 2.24) is 5.32 Å². The lowest BCUT2D eigenvalue weighted by Crippen LogP contribution is -2.35. The number of hydrogen-bond acceptors (Lipinski definition) is 4. The third kappa shape index (κ3) is 4.11. The molecular weight excluding hydrogens is 312 g/mol. The number of amides is 1. The Bertz CT molecular complexity index is 463. The van der Waals surface area contributed by atoms with E-state index in [9.17, 15) is 9.90 Å². The van der Waals surface area contributed by atoms with Crippen LogP contribution in [0.2, 0.25) is 0 Å². The summed E-state index contributed by atoms with van der Waals surface area (Å²) in [7, 11) is 1.45. The first-order chi connectivity index (χ1) is 8.86. The highest BCUT2D eigenvalue weighted by molar-refractivity contribution is 9.10. The van der Waals surface area contributed by atoms with Gasteiger partial charge >= 0.3 is 0 Å². The fraction of sp³-hybridized carbons (Fsp3) is 0.462. The van der Waals surface area contributed by atoms with Crippen molar-refractivity contribution in [2.24, 2.45) is 11.7 Å². The molecule has 1 rings (SSSR count). The second-order valence-corrected chi connectivity index (χ2v) is 5.55. The van der Waals surface area contributed by atoms with Crippen molar-refractivity contribution in [3.8, 4) is 11.5 Å². The van der Waals surface area contributed by atoms with Gasteiger partial charge in [0, 0.05) is 0 Å². The first-order valence-electron chi connectivity index (χ1n) is 5.95. The quantitative estimate of drug-likeness (QED) is 0.744. The summed E-state index contributed by atoms with van der Waals surface area (Å²) in [5.74, 6) is 0.213. The molecular formula is C13H19BrN2O3. The van der Waals surface area contributed by atoms with Crippen LogP contribution in [0.15, 0.2) is 16.6 Å². The molecule has 6 heteroatoms. The maximum atomic E-state index is 11.5. The number of nitrogens with two attached hydrogens (primary N) is 1. The molecule has 0 aliphatic rings. The highest BCUT2D eigenvalue weighted by atomic mass is 79.9. The SMILES string of the molecule is COc1cc(C(NCC(C)C)C(N)=O)cc(Br)c1O. The van der Waals surface area contributed by atoms with Gasteiger partial charge in [0.15, 0.2) is 11.5 Å². The number of carbonyl (C=O) groups is 1. The molecule has 0 saturated carbocycles. The minimum absolute atomic E-state index is 0.00155. The van der Waals surface area contributed by atoms with E-state index in [2.05, 4.69) is 21.2 Å².